The lowest BCUT2D eigenvalue weighted by Gasteiger charge is -2.14. The molecule has 0 bridgehead atoms. The monoisotopic (exact) mass is 199 g/mol. The molecular formula is C9H17N3O2. The number of nitrogens with one attached hydrogen (secondary N) is 2. The summed E-state index contributed by atoms with van der Waals surface area (Å²) >= 11 is 0. The van der Waals surface area contributed by atoms with E-state index in [0.29, 0.717) is 13.0 Å². The van der Waals surface area contributed by atoms with Crippen LogP contribution in [0.1, 0.15) is 20.3 Å². The van der Waals surface area contributed by atoms with Gasteiger partial charge in [-0.15, -0.1) is 0 Å². The second-order valence-electron chi connectivity index (χ2n) is 3.95. The van der Waals surface area contributed by atoms with Gasteiger partial charge in [-0.3, -0.25) is 4.79 Å². The molecule has 14 heavy (non-hydrogen) atoms. The van der Waals surface area contributed by atoms with Gasteiger partial charge in [0.1, 0.15) is 0 Å². The topological polar surface area (TPSA) is 61.4 Å². The molecule has 0 aromatic rings. The van der Waals surface area contributed by atoms with Crippen molar-refractivity contribution in [3.05, 3.63) is 0 Å². The Morgan fingerprint density at radius 1 is 1.57 bits per heavy atom. The molecule has 1 heterocycles. The third-order valence-electron chi connectivity index (χ3n) is 2.10. The molecule has 1 fully saturated rings. The van der Waals surface area contributed by atoms with Crippen LogP contribution in [0.25, 0.3) is 0 Å². The van der Waals surface area contributed by atoms with E-state index in [-0.39, 0.29) is 24.0 Å². The summed E-state index contributed by atoms with van der Waals surface area (Å²) in [4.78, 5) is 24.0. The number of nitrogens with zero attached hydrogens (tertiary/aromatic N) is 1. The number of urea groups is 1. The maximum absolute atomic E-state index is 11.3. The van der Waals surface area contributed by atoms with Gasteiger partial charge in [-0.05, 0) is 13.8 Å². The normalized spacial score (nSPS) is 21.6. The average molecular weight is 199 g/mol. The molecule has 1 aliphatic rings. The number of carbonyl (C=O) groups is 2. The molecule has 2 N–H and O–H groups in total. The molecule has 0 spiro atoms. The summed E-state index contributed by atoms with van der Waals surface area (Å²) < 4.78 is 0. The molecule has 5 nitrogen and oxygen atoms in total. The number of rotatable bonds is 2. The highest BCUT2D eigenvalue weighted by molar-refractivity contribution is 5.81. The average Bonchev–Trinajstić information content (AvgIpc) is 2.28. The Morgan fingerprint density at radius 2 is 2.21 bits per heavy atom. The Morgan fingerprint density at radius 3 is 2.64 bits per heavy atom. The highest BCUT2D eigenvalue weighted by atomic mass is 16.2. The van der Waals surface area contributed by atoms with Crippen LogP contribution in [-0.2, 0) is 4.79 Å². The fourth-order valence-electron chi connectivity index (χ4n) is 1.45. The number of amides is 3. The van der Waals surface area contributed by atoms with Crippen LogP contribution in [-0.4, -0.2) is 42.5 Å². The third kappa shape index (κ3) is 2.90. The molecule has 0 aromatic heterocycles. The van der Waals surface area contributed by atoms with E-state index in [1.165, 1.54) is 0 Å². The van der Waals surface area contributed by atoms with Gasteiger partial charge in [0.25, 0.3) is 0 Å². The lowest BCUT2D eigenvalue weighted by Crippen LogP contribution is -2.45. The standard InChI is InChI=1S/C9H17N3O2/c1-6(2)10-9(14)11-7-4-8(13)12(3)5-7/h6-7H,4-5H2,1-3H3,(H2,10,11,14)/t7-/m1/s1. The zero-order valence-electron chi connectivity index (χ0n) is 8.83. The lowest BCUT2D eigenvalue weighted by molar-refractivity contribution is -0.126. The van der Waals surface area contributed by atoms with Gasteiger partial charge in [0, 0.05) is 26.1 Å². The molecule has 80 valence electrons. The molecule has 1 rings (SSSR count). The van der Waals surface area contributed by atoms with Crippen molar-refractivity contribution >= 4 is 11.9 Å². The quantitative estimate of drug-likeness (QED) is 0.653. The third-order valence-corrected chi connectivity index (χ3v) is 2.10. The predicted octanol–water partition coefficient (Wildman–Crippen LogP) is -0.0753. The number of likely N-dealkylation sites (tertiary alicyclic amines) is 1. The first-order chi connectivity index (χ1) is 6.49. The van der Waals surface area contributed by atoms with Gasteiger partial charge in [0.2, 0.25) is 5.91 Å². The van der Waals surface area contributed by atoms with Crippen LogP contribution in [0.15, 0.2) is 0 Å². The molecular weight excluding hydrogens is 182 g/mol. The molecule has 0 unspecified atom stereocenters. The van der Waals surface area contributed by atoms with E-state index in [9.17, 15) is 9.59 Å². The van der Waals surface area contributed by atoms with E-state index in [4.69, 9.17) is 0 Å². The maximum Gasteiger partial charge on any atom is 0.315 e. The van der Waals surface area contributed by atoms with Crippen molar-refractivity contribution < 1.29 is 9.59 Å². The fraction of sp³-hybridized carbons (Fsp3) is 0.778. The zero-order chi connectivity index (χ0) is 10.7. The summed E-state index contributed by atoms with van der Waals surface area (Å²) in [6.45, 7) is 4.39. The van der Waals surface area contributed by atoms with E-state index < -0.39 is 0 Å². The predicted molar refractivity (Wildman–Crippen MR) is 52.8 cm³/mol. The van der Waals surface area contributed by atoms with E-state index >= 15 is 0 Å². The number of hydrogen-bond donors (Lipinski definition) is 2. The van der Waals surface area contributed by atoms with Gasteiger partial charge in [-0.25, -0.2) is 4.79 Å². The molecule has 3 amide bonds. The summed E-state index contributed by atoms with van der Waals surface area (Å²) in [5.74, 6) is 0.0832. The summed E-state index contributed by atoms with van der Waals surface area (Å²) in [7, 11) is 1.74. The minimum absolute atomic E-state index is 0.0498. The second-order valence-corrected chi connectivity index (χ2v) is 3.95. The molecule has 0 radical (unpaired) electrons. The minimum Gasteiger partial charge on any atom is -0.344 e. The fourth-order valence-corrected chi connectivity index (χ4v) is 1.45. The van der Waals surface area contributed by atoms with E-state index in [1.54, 1.807) is 11.9 Å². The summed E-state index contributed by atoms with van der Waals surface area (Å²) in [5, 5.41) is 5.48. The van der Waals surface area contributed by atoms with Crippen molar-refractivity contribution in [2.75, 3.05) is 13.6 Å². The van der Waals surface area contributed by atoms with Crippen molar-refractivity contribution in [1.29, 1.82) is 0 Å². The van der Waals surface area contributed by atoms with Crippen LogP contribution < -0.4 is 10.6 Å². The van der Waals surface area contributed by atoms with Crippen LogP contribution in [0.2, 0.25) is 0 Å². The Kier molecular flexibility index (Phi) is 3.33. The Bertz CT molecular complexity index is 240. The van der Waals surface area contributed by atoms with Crippen LogP contribution >= 0.6 is 0 Å². The second kappa shape index (κ2) is 4.30. The van der Waals surface area contributed by atoms with Gasteiger partial charge in [0.05, 0.1) is 6.04 Å². The Balaban J connectivity index is 2.32. The van der Waals surface area contributed by atoms with Gasteiger partial charge in [-0.1, -0.05) is 0 Å². The summed E-state index contributed by atoms with van der Waals surface area (Å²) in [6.07, 6.45) is 0.405. The molecule has 0 saturated carbocycles. The summed E-state index contributed by atoms with van der Waals surface area (Å²) in [6, 6.07) is -0.135. The molecule has 5 heteroatoms. The molecule has 1 saturated heterocycles. The van der Waals surface area contributed by atoms with Crippen LogP contribution in [0.4, 0.5) is 4.79 Å². The molecule has 0 aromatic carbocycles. The minimum atomic E-state index is -0.201. The van der Waals surface area contributed by atoms with Gasteiger partial charge in [0.15, 0.2) is 0 Å². The first kappa shape index (κ1) is 10.8. The number of likely N-dealkylation sites (N-methyl/N-ethyl adjacent to an activating group) is 1. The van der Waals surface area contributed by atoms with Crippen molar-refractivity contribution in [2.45, 2.75) is 32.4 Å². The smallest absolute Gasteiger partial charge is 0.315 e. The Labute approximate surface area is 83.8 Å². The van der Waals surface area contributed by atoms with Gasteiger partial charge in [-0.2, -0.15) is 0 Å². The first-order valence-corrected chi connectivity index (χ1v) is 4.80. The van der Waals surface area contributed by atoms with E-state index in [1.807, 2.05) is 13.8 Å². The maximum atomic E-state index is 11.3. The lowest BCUT2D eigenvalue weighted by atomic mass is 10.2. The molecule has 1 atom stereocenters. The van der Waals surface area contributed by atoms with E-state index in [2.05, 4.69) is 10.6 Å². The van der Waals surface area contributed by atoms with Crippen LogP contribution in [0.3, 0.4) is 0 Å². The van der Waals surface area contributed by atoms with Crippen LogP contribution in [0.5, 0.6) is 0 Å². The highest BCUT2D eigenvalue weighted by Gasteiger charge is 2.27. The largest absolute Gasteiger partial charge is 0.344 e. The van der Waals surface area contributed by atoms with Crippen molar-refractivity contribution in [3.63, 3.8) is 0 Å². The molecule has 1 aliphatic heterocycles. The number of hydrogen-bond acceptors (Lipinski definition) is 2. The van der Waals surface area contributed by atoms with Crippen molar-refractivity contribution in [3.8, 4) is 0 Å². The van der Waals surface area contributed by atoms with Gasteiger partial charge >= 0.3 is 6.03 Å². The van der Waals surface area contributed by atoms with Crippen molar-refractivity contribution in [1.82, 2.24) is 15.5 Å². The van der Waals surface area contributed by atoms with Crippen LogP contribution in [0, 0.1) is 0 Å². The van der Waals surface area contributed by atoms with Crippen molar-refractivity contribution in [2.24, 2.45) is 0 Å². The summed E-state index contributed by atoms with van der Waals surface area (Å²) in [5.41, 5.74) is 0. The number of carbonyl (C=O) groups excluding carboxylic acids is 2. The SMILES string of the molecule is CC(C)NC(=O)N[C@@H]1CC(=O)N(C)C1. The first-order valence-electron chi connectivity index (χ1n) is 4.80. The van der Waals surface area contributed by atoms with Gasteiger partial charge < -0.3 is 15.5 Å². The highest BCUT2D eigenvalue weighted by Crippen LogP contribution is 2.07. The Hall–Kier alpha value is -1.26. The van der Waals surface area contributed by atoms with E-state index in [0.717, 1.165) is 0 Å². The molecule has 0 aliphatic carbocycles. The zero-order valence-corrected chi connectivity index (χ0v) is 8.83.